The van der Waals surface area contributed by atoms with Gasteiger partial charge in [-0.2, -0.15) is 0 Å². The fraction of sp³-hybridized carbons (Fsp3) is 0.120. The van der Waals surface area contributed by atoms with Crippen LogP contribution in [-0.4, -0.2) is 22.4 Å². The second-order valence-corrected chi connectivity index (χ2v) is 9.53. The van der Waals surface area contributed by atoms with Crippen molar-refractivity contribution in [3.05, 3.63) is 104 Å². The van der Waals surface area contributed by atoms with E-state index in [0.29, 0.717) is 5.56 Å². The molecule has 1 aliphatic carbocycles. The van der Waals surface area contributed by atoms with Gasteiger partial charge in [0.05, 0.1) is 20.1 Å². The number of allylic oxidation sites excluding steroid dienone is 2. The quantitative estimate of drug-likeness (QED) is 0.201. The fourth-order valence-corrected chi connectivity index (χ4v) is 5.50. The molecule has 4 nitrogen and oxygen atoms in total. The second kappa shape index (κ2) is 9.80. The zero-order valence-electron chi connectivity index (χ0n) is 17.1. The Morgan fingerprint density at radius 1 is 0.853 bits per heavy atom. The minimum absolute atomic E-state index is 0.0846. The Labute approximate surface area is 220 Å². The van der Waals surface area contributed by atoms with E-state index in [-0.39, 0.29) is 25.7 Å². The molecule has 3 atom stereocenters. The molecule has 3 aromatic carbocycles. The average molecular weight is 557 g/mol. The molecular formula is C25H15Cl5O4. The van der Waals surface area contributed by atoms with Crippen molar-refractivity contribution >= 4 is 80.7 Å². The summed E-state index contributed by atoms with van der Waals surface area (Å²) >= 11 is 32.4. The third-order valence-electron chi connectivity index (χ3n) is 5.56. The standard InChI is InChI=1S/C25H15Cl5O4/c26-18-19(27)21(29)25(22(30)20(18)28,16-11-10-13-6-4-5-9-15(13)12-16)34-24(33)17(23(31)32)14-7-2-1-3-8-14/h1-12,17,21H,(H,31,32). The number of carboxylic acids is 1. The van der Waals surface area contributed by atoms with E-state index in [2.05, 4.69) is 0 Å². The van der Waals surface area contributed by atoms with Crippen LogP contribution in [0.25, 0.3) is 10.8 Å². The lowest BCUT2D eigenvalue weighted by atomic mass is 9.84. The average Bonchev–Trinajstić information content (AvgIpc) is 2.84. The monoisotopic (exact) mass is 554 g/mol. The van der Waals surface area contributed by atoms with Gasteiger partial charge in [0.15, 0.2) is 11.5 Å². The van der Waals surface area contributed by atoms with Crippen LogP contribution in [0.1, 0.15) is 17.0 Å². The Hall–Kier alpha value is -2.21. The number of carbonyl (C=O) groups is 2. The molecule has 4 rings (SSSR count). The number of hydrogen-bond acceptors (Lipinski definition) is 3. The van der Waals surface area contributed by atoms with Gasteiger partial charge in [0, 0.05) is 5.56 Å². The lowest BCUT2D eigenvalue weighted by molar-refractivity contribution is -0.163. The zero-order chi connectivity index (χ0) is 24.6. The van der Waals surface area contributed by atoms with Crippen LogP contribution in [0.2, 0.25) is 0 Å². The molecule has 174 valence electrons. The lowest BCUT2D eigenvalue weighted by Crippen LogP contribution is -2.45. The molecule has 3 aromatic rings. The van der Waals surface area contributed by atoms with E-state index >= 15 is 0 Å². The number of benzene rings is 3. The molecule has 0 radical (unpaired) electrons. The number of carbonyl (C=O) groups excluding carboxylic acids is 1. The molecular weight excluding hydrogens is 542 g/mol. The summed E-state index contributed by atoms with van der Waals surface area (Å²) in [5.74, 6) is -4.15. The highest BCUT2D eigenvalue weighted by atomic mass is 35.5. The molecule has 1 N–H and O–H groups in total. The van der Waals surface area contributed by atoms with Gasteiger partial charge in [-0.3, -0.25) is 9.59 Å². The second-order valence-electron chi connectivity index (χ2n) is 7.55. The number of esters is 1. The number of fused-ring (bicyclic) bond motifs is 1. The van der Waals surface area contributed by atoms with Crippen LogP contribution in [0, 0.1) is 0 Å². The van der Waals surface area contributed by atoms with Gasteiger partial charge >= 0.3 is 11.9 Å². The highest BCUT2D eigenvalue weighted by Gasteiger charge is 2.54. The van der Waals surface area contributed by atoms with E-state index in [1.807, 2.05) is 24.3 Å². The van der Waals surface area contributed by atoms with E-state index < -0.39 is 28.8 Å². The van der Waals surface area contributed by atoms with E-state index in [1.165, 1.54) is 12.1 Å². The van der Waals surface area contributed by atoms with Crippen LogP contribution < -0.4 is 0 Å². The molecule has 3 unspecified atom stereocenters. The molecule has 0 fully saturated rings. The van der Waals surface area contributed by atoms with Crippen molar-refractivity contribution < 1.29 is 19.4 Å². The van der Waals surface area contributed by atoms with Crippen molar-refractivity contribution in [1.82, 2.24) is 0 Å². The molecule has 0 aromatic heterocycles. The van der Waals surface area contributed by atoms with Crippen LogP contribution in [-0.2, 0) is 19.9 Å². The van der Waals surface area contributed by atoms with Gasteiger partial charge in [-0.05, 0) is 22.4 Å². The first-order valence-electron chi connectivity index (χ1n) is 9.93. The highest BCUT2D eigenvalue weighted by molar-refractivity contribution is 6.53. The number of carboxylic acid groups (broad SMARTS) is 1. The van der Waals surface area contributed by atoms with Crippen LogP contribution in [0.15, 0.2) is 92.9 Å². The van der Waals surface area contributed by atoms with Crippen LogP contribution in [0.4, 0.5) is 0 Å². The third-order valence-corrected chi connectivity index (χ3v) is 8.13. The van der Waals surface area contributed by atoms with Crippen molar-refractivity contribution in [2.24, 2.45) is 0 Å². The first-order chi connectivity index (χ1) is 16.2. The van der Waals surface area contributed by atoms with Gasteiger partial charge in [-0.25, -0.2) is 0 Å². The topological polar surface area (TPSA) is 63.6 Å². The maximum atomic E-state index is 13.4. The lowest BCUT2D eigenvalue weighted by Gasteiger charge is -2.41. The molecule has 0 saturated carbocycles. The SMILES string of the molecule is O=C(O)C(C(=O)OC1(c2ccc3ccccc3c2)C(Cl)=C(Cl)C(Cl)=C(Cl)C1Cl)c1ccccc1. The molecule has 34 heavy (non-hydrogen) atoms. The molecule has 0 amide bonds. The summed E-state index contributed by atoms with van der Waals surface area (Å²) in [6, 6.07) is 20.6. The predicted molar refractivity (Wildman–Crippen MR) is 136 cm³/mol. The van der Waals surface area contributed by atoms with Crippen LogP contribution in [0.3, 0.4) is 0 Å². The molecule has 0 saturated heterocycles. The summed E-state index contributed by atoms with van der Waals surface area (Å²) in [4.78, 5) is 25.5. The maximum absolute atomic E-state index is 13.4. The first kappa shape index (κ1) is 24.9. The predicted octanol–water partition coefficient (Wildman–Crippen LogP) is 7.45. The van der Waals surface area contributed by atoms with Gasteiger partial charge in [0.1, 0.15) is 5.38 Å². The van der Waals surface area contributed by atoms with Gasteiger partial charge in [0.2, 0.25) is 0 Å². The summed E-state index contributed by atoms with van der Waals surface area (Å²) in [5, 5.41) is 9.74. The highest BCUT2D eigenvalue weighted by Crippen LogP contribution is 2.54. The Balaban J connectivity index is 1.92. The number of alkyl halides is 1. The molecule has 0 heterocycles. The van der Waals surface area contributed by atoms with Crippen molar-refractivity contribution in [3.8, 4) is 0 Å². The first-order valence-corrected chi connectivity index (χ1v) is 11.9. The molecule has 0 bridgehead atoms. The zero-order valence-corrected chi connectivity index (χ0v) is 20.9. The molecule has 0 aliphatic heterocycles. The minimum Gasteiger partial charge on any atom is -0.480 e. The number of ether oxygens (including phenoxy) is 1. The van der Waals surface area contributed by atoms with Gasteiger partial charge in [-0.15, -0.1) is 11.6 Å². The third kappa shape index (κ3) is 4.19. The van der Waals surface area contributed by atoms with E-state index in [1.54, 1.807) is 36.4 Å². The fourth-order valence-electron chi connectivity index (χ4n) is 3.86. The summed E-state index contributed by atoms with van der Waals surface area (Å²) in [5.41, 5.74) is -1.36. The van der Waals surface area contributed by atoms with E-state index in [0.717, 1.165) is 10.8 Å². The normalized spacial score (nSPS) is 21.5. The Morgan fingerprint density at radius 2 is 1.47 bits per heavy atom. The Bertz CT molecular complexity index is 1350. The van der Waals surface area contributed by atoms with Crippen molar-refractivity contribution in [2.75, 3.05) is 0 Å². The van der Waals surface area contributed by atoms with Gasteiger partial charge in [0.25, 0.3) is 0 Å². The summed E-state index contributed by atoms with van der Waals surface area (Å²) in [6.45, 7) is 0. The number of halogens is 5. The summed E-state index contributed by atoms with van der Waals surface area (Å²) in [6.07, 6.45) is 0. The smallest absolute Gasteiger partial charge is 0.326 e. The molecule has 1 aliphatic rings. The van der Waals surface area contributed by atoms with Crippen molar-refractivity contribution in [3.63, 3.8) is 0 Å². The van der Waals surface area contributed by atoms with Crippen LogP contribution >= 0.6 is 58.0 Å². The van der Waals surface area contributed by atoms with Crippen LogP contribution in [0.5, 0.6) is 0 Å². The largest absolute Gasteiger partial charge is 0.480 e. The van der Waals surface area contributed by atoms with E-state index in [9.17, 15) is 14.7 Å². The minimum atomic E-state index is -1.93. The number of hydrogen-bond donors (Lipinski definition) is 1. The maximum Gasteiger partial charge on any atom is 0.326 e. The molecule has 9 heteroatoms. The summed E-state index contributed by atoms with van der Waals surface area (Å²) < 4.78 is 5.90. The number of rotatable bonds is 5. The van der Waals surface area contributed by atoms with Crippen molar-refractivity contribution in [1.29, 1.82) is 0 Å². The molecule has 0 spiro atoms. The van der Waals surface area contributed by atoms with Gasteiger partial charge < -0.3 is 9.84 Å². The van der Waals surface area contributed by atoms with Gasteiger partial charge in [-0.1, -0.05) is 113 Å². The Kier molecular flexibility index (Phi) is 7.18. The summed E-state index contributed by atoms with van der Waals surface area (Å²) in [7, 11) is 0. The number of aliphatic carboxylic acids is 1. The Morgan fingerprint density at radius 3 is 2.12 bits per heavy atom. The van der Waals surface area contributed by atoms with Crippen molar-refractivity contribution in [2.45, 2.75) is 16.9 Å². The van der Waals surface area contributed by atoms with E-state index in [4.69, 9.17) is 62.7 Å².